The fourth-order valence-electron chi connectivity index (χ4n) is 1.67. The van der Waals surface area contributed by atoms with Crippen molar-refractivity contribution in [2.24, 2.45) is 11.1 Å². The standard InChI is InChI=1S/C15H22N2O2S/c1-15(2,3)12-20(18,19)17-11-14-8-6-13(7-9-14)5-4-10-16/h6-9,17H,10-12,16H2,1-3H3. The van der Waals surface area contributed by atoms with Crippen molar-refractivity contribution in [1.82, 2.24) is 4.72 Å². The first-order valence-corrected chi connectivity index (χ1v) is 8.12. The van der Waals surface area contributed by atoms with Gasteiger partial charge in [0.2, 0.25) is 10.0 Å². The first-order chi connectivity index (χ1) is 9.22. The monoisotopic (exact) mass is 294 g/mol. The molecular weight excluding hydrogens is 272 g/mol. The Hall–Kier alpha value is -1.35. The van der Waals surface area contributed by atoms with Gasteiger partial charge in [-0.1, -0.05) is 44.7 Å². The van der Waals surface area contributed by atoms with Gasteiger partial charge in [0.1, 0.15) is 0 Å². The largest absolute Gasteiger partial charge is 0.320 e. The van der Waals surface area contributed by atoms with Crippen LogP contribution in [0.3, 0.4) is 0 Å². The molecule has 0 aromatic heterocycles. The van der Waals surface area contributed by atoms with E-state index in [2.05, 4.69) is 16.6 Å². The van der Waals surface area contributed by atoms with Crippen LogP contribution in [0.2, 0.25) is 0 Å². The van der Waals surface area contributed by atoms with Crippen molar-refractivity contribution in [3.05, 3.63) is 35.4 Å². The predicted molar refractivity (Wildman–Crippen MR) is 82.5 cm³/mol. The highest BCUT2D eigenvalue weighted by molar-refractivity contribution is 7.89. The van der Waals surface area contributed by atoms with Crippen molar-refractivity contribution < 1.29 is 8.42 Å². The highest BCUT2D eigenvalue weighted by atomic mass is 32.2. The normalized spacial score (nSPS) is 11.8. The molecule has 0 saturated heterocycles. The number of rotatable bonds is 4. The van der Waals surface area contributed by atoms with Gasteiger partial charge >= 0.3 is 0 Å². The Morgan fingerprint density at radius 3 is 2.30 bits per heavy atom. The van der Waals surface area contributed by atoms with Crippen molar-refractivity contribution >= 4 is 10.0 Å². The van der Waals surface area contributed by atoms with Gasteiger partial charge in [0, 0.05) is 12.1 Å². The number of benzene rings is 1. The van der Waals surface area contributed by atoms with Gasteiger partial charge in [0.15, 0.2) is 0 Å². The number of sulfonamides is 1. The van der Waals surface area contributed by atoms with Gasteiger partial charge in [0.05, 0.1) is 12.3 Å². The van der Waals surface area contributed by atoms with Crippen LogP contribution in [-0.4, -0.2) is 20.7 Å². The first kappa shape index (κ1) is 16.7. The molecule has 0 spiro atoms. The zero-order valence-electron chi connectivity index (χ0n) is 12.2. The summed E-state index contributed by atoms with van der Waals surface area (Å²) in [4.78, 5) is 0. The summed E-state index contributed by atoms with van der Waals surface area (Å²) in [5, 5.41) is 0. The average Bonchev–Trinajstić information content (AvgIpc) is 2.32. The minimum atomic E-state index is -3.26. The third-order valence-electron chi connectivity index (χ3n) is 2.41. The highest BCUT2D eigenvalue weighted by Gasteiger charge is 2.20. The molecule has 0 atom stereocenters. The van der Waals surface area contributed by atoms with E-state index in [1.54, 1.807) is 0 Å². The second-order valence-corrected chi connectivity index (χ2v) is 7.65. The van der Waals surface area contributed by atoms with E-state index >= 15 is 0 Å². The lowest BCUT2D eigenvalue weighted by molar-refractivity contribution is 0.458. The lowest BCUT2D eigenvalue weighted by Crippen LogP contribution is -2.31. The summed E-state index contributed by atoms with van der Waals surface area (Å²) < 4.78 is 26.4. The van der Waals surface area contributed by atoms with E-state index in [1.807, 2.05) is 45.0 Å². The Morgan fingerprint density at radius 1 is 1.20 bits per heavy atom. The molecule has 4 nitrogen and oxygen atoms in total. The Kier molecular flexibility index (Phi) is 5.75. The highest BCUT2D eigenvalue weighted by Crippen LogP contribution is 2.15. The van der Waals surface area contributed by atoms with Crippen molar-refractivity contribution in [3.63, 3.8) is 0 Å². The van der Waals surface area contributed by atoms with E-state index in [0.717, 1.165) is 11.1 Å². The molecule has 1 rings (SSSR count). The van der Waals surface area contributed by atoms with E-state index in [0.29, 0.717) is 13.1 Å². The Balaban J connectivity index is 2.62. The van der Waals surface area contributed by atoms with Gasteiger partial charge in [-0.15, -0.1) is 0 Å². The predicted octanol–water partition coefficient (Wildman–Crippen LogP) is 1.46. The van der Waals surface area contributed by atoms with Gasteiger partial charge in [0.25, 0.3) is 0 Å². The molecule has 3 N–H and O–H groups in total. The minimum absolute atomic E-state index is 0.111. The minimum Gasteiger partial charge on any atom is -0.320 e. The van der Waals surface area contributed by atoms with Crippen LogP contribution >= 0.6 is 0 Å². The third kappa shape index (κ3) is 6.71. The number of hydrogen-bond donors (Lipinski definition) is 2. The second kappa shape index (κ2) is 6.89. The summed E-state index contributed by atoms with van der Waals surface area (Å²) in [7, 11) is -3.26. The molecule has 0 bridgehead atoms. The molecule has 0 amide bonds. The molecule has 0 unspecified atom stereocenters. The maximum atomic E-state index is 11.9. The lowest BCUT2D eigenvalue weighted by atomic mass is 10.0. The van der Waals surface area contributed by atoms with E-state index < -0.39 is 10.0 Å². The SMILES string of the molecule is CC(C)(C)CS(=O)(=O)NCc1ccc(C#CCN)cc1. The van der Waals surface area contributed by atoms with Crippen molar-refractivity contribution in [2.75, 3.05) is 12.3 Å². The molecule has 0 radical (unpaired) electrons. The van der Waals surface area contributed by atoms with Crippen LogP contribution in [0, 0.1) is 17.3 Å². The van der Waals surface area contributed by atoms with E-state index in [4.69, 9.17) is 5.73 Å². The van der Waals surface area contributed by atoms with Gasteiger partial charge in [-0.3, -0.25) is 0 Å². The van der Waals surface area contributed by atoms with Crippen molar-refractivity contribution in [1.29, 1.82) is 0 Å². The summed E-state index contributed by atoms with van der Waals surface area (Å²) in [5.41, 5.74) is 6.82. The zero-order valence-corrected chi connectivity index (χ0v) is 13.0. The van der Waals surface area contributed by atoms with E-state index in [1.165, 1.54) is 0 Å². The van der Waals surface area contributed by atoms with Crippen LogP contribution in [0.25, 0.3) is 0 Å². The number of hydrogen-bond acceptors (Lipinski definition) is 3. The van der Waals surface area contributed by atoms with Crippen LogP contribution in [-0.2, 0) is 16.6 Å². The quantitative estimate of drug-likeness (QED) is 0.826. The second-order valence-electron chi connectivity index (χ2n) is 5.84. The molecule has 0 aliphatic heterocycles. The van der Waals surface area contributed by atoms with E-state index in [-0.39, 0.29) is 11.2 Å². The molecule has 20 heavy (non-hydrogen) atoms. The fraction of sp³-hybridized carbons (Fsp3) is 0.467. The molecule has 0 aliphatic carbocycles. The summed E-state index contributed by atoms with van der Waals surface area (Å²) in [6.07, 6.45) is 0. The van der Waals surface area contributed by atoms with Crippen LogP contribution in [0.15, 0.2) is 24.3 Å². The first-order valence-electron chi connectivity index (χ1n) is 6.47. The fourth-order valence-corrected chi connectivity index (χ4v) is 3.30. The molecule has 0 heterocycles. The summed E-state index contributed by atoms with van der Waals surface area (Å²) in [6.45, 7) is 6.32. The average molecular weight is 294 g/mol. The topological polar surface area (TPSA) is 72.2 Å². The molecule has 0 fully saturated rings. The Labute approximate surface area is 121 Å². The summed E-state index contributed by atoms with van der Waals surface area (Å²) in [6, 6.07) is 7.44. The Morgan fingerprint density at radius 2 is 1.80 bits per heavy atom. The smallest absolute Gasteiger partial charge is 0.212 e. The molecule has 5 heteroatoms. The summed E-state index contributed by atoms with van der Waals surface area (Å²) >= 11 is 0. The maximum Gasteiger partial charge on any atom is 0.212 e. The number of nitrogens with two attached hydrogens (primary N) is 1. The molecular formula is C15H22N2O2S. The number of nitrogens with one attached hydrogen (secondary N) is 1. The van der Waals surface area contributed by atoms with Crippen LogP contribution < -0.4 is 10.5 Å². The van der Waals surface area contributed by atoms with E-state index in [9.17, 15) is 8.42 Å². The van der Waals surface area contributed by atoms with Gasteiger partial charge in [-0.25, -0.2) is 13.1 Å². The van der Waals surface area contributed by atoms with Crippen LogP contribution in [0.4, 0.5) is 0 Å². The zero-order chi connectivity index (χ0) is 15.2. The third-order valence-corrected chi connectivity index (χ3v) is 4.24. The van der Waals surface area contributed by atoms with Crippen molar-refractivity contribution in [3.8, 4) is 11.8 Å². The lowest BCUT2D eigenvalue weighted by Gasteiger charge is -2.18. The molecule has 0 saturated carbocycles. The van der Waals surface area contributed by atoms with Crippen molar-refractivity contribution in [2.45, 2.75) is 27.3 Å². The summed E-state index contributed by atoms with van der Waals surface area (Å²) in [5.74, 6) is 5.80. The van der Waals surface area contributed by atoms with Gasteiger partial charge < -0.3 is 5.73 Å². The maximum absolute atomic E-state index is 11.9. The molecule has 0 aliphatic rings. The molecule has 110 valence electrons. The van der Waals surface area contributed by atoms with Gasteiger partial charge in [-0.2, -0.15) is 0 Å². The molecule has 1 aromatic rings. The van der Waals surface area contributed by atoms with Gasteiger partial charge in [-0.05, 0) is 23.1 Å². The Bertz CT molecular complexity index is 587. The van der Waals surface area contributed by atoms with Crippen LogP contribution in [0.5, 0.6) is 0 Å². The van der Waals surface area contributed by atoms with Crippen LogP contribution in [0.1, 0.15) is 31.9 Å². The molecule has 1 aromatic carbocycles.